The van der Waals surface area contributed by atoms with Gasteiger partial charge in [-0.25, -0.2) is 0 Å². The standard InChI is InChI=1S/C17H14BrNO2/c1-20-16-7-6-13(10-17(16)21-2)14(11-19)8-12-4-3-5-15(18)9-12/h3-10H,1-2H3. The van der Waals surface area contributed by atoms with Gasteiger partial charge >= 0.3 is 0 Å². The van der Waals surface area contributed by atoms with Crippen LogP contribution in [-0.4, -0.2) is 14.2 Å². The molecule has 0 amide bonds. The zero-order valence-corrected chi connectivity index (χ0v) is 13.3. The van der Waals surface area contributed by atoms with Gasteiger partial charge in [0.1, 0.15) is 0 Å². The third kappa shape index (κ3) is 3.65. The van der Waals surface area contributed by atoms with Gasteiger partial charge in [-0.2, -0.15) is 5.26 Å². The van der Waals surface area contributed by atoms with Crippen molar-refractivity contribution < 1.29 is 9.47 Å². The SMILES string of the molecule is COc1ccc(C(C#N)=Cc2cccc(Br)c2)cc1OC. The fourth-order valence-electron chi connectivity index (χ4n) is 1.95. The van der Waals surface area contributed by atoms with Gasteiger partial charge < -0.3 is 9.47 Å². The van der Waals surface area contributed by atoms with E-state index in [-0.39, 0.29) is 0 Å². The zero-order chi connectivity index (χ0) is 15.2. The van der Waals surface area contributed by atoms with Crippen LogP contribution in [0.5, 0.6) is 11.5 Å². The monoisotopic (exact) mass is 343 g/mol. The largest absolute Gasteiger partial charge is 0.493 e. The van der Waals surface area contributed by atoms with Crippen molar-refractivity contribution in [3.63, 3.8) is 0 Å². The lowest BCUT2D eigenvalue weighted by atomic mass is 10.0. The molecule has 4 heteroatoms. The Kier molecular flexibility index (Phi) is 5.02. The van der Waals surface area contributed by atoms with Crippen LogP contribution in [0.15, 0.2) is 46.9 Å². The fraction of sp³-hybridized carbons (Fsp3) is 0.118. The minimum absolute atomic E-state index is 0.564. The van der Waals surface area contributed by atoms with Crippen LogP contribution in [0.3, 0.4) is 0 Å². The van der Waals surface area contributed by atoms with E-state index < -0.39 is 0 Å². The molecule has 0 aliphatic rings. The summed E-state index contributed by atoms with van der Waals surface area (Å²) in [4.78, 5) is 0. The predicted molar refractivity (Wildman–Crippen MR) is 87.2 cm³/mol. The van der Waals surface area contributed by atoms with E-state index in [0.29, 0.717) is 17.1 Å². The van der Waals surface area contributed by atoms with Gasteiger partial charge in [0.05, 0.1) is 25.9 Å². The fourth-order valence-corrected chi connectivity index (χ4v) is 2.36. The Morgan fingerprint density at radius 2 is 1.86 bits per heavy atom. The van der Waals surface area contributed by atoms with E-state index in [0.717, 1.165) is 15.6 Å². The van der Waals surface area contributed by atoms with Crippen molar-refractivity contribution in [1.29, 1.82) is 5.26 Å². The Labute approximate surface area is 132 Å². The molecule has 0 N–H and O–H groups in total. The summed E-state index contributed by atoms with van der Waals surface area (Å²) in [5.41, 5.74) is 2.31. The molecule has 0 unspecified atom stereocenters. The highest BCUT2D eigenvalue weighted by atomic mass is 79.9. The molecule has 0 aromatic heterocycles. The second-order valence-electron chi connectivity index (χ2n) is 4.29. The Morgan fingerprint density at radius 3 is 2.48 bits per heavy atom. The number of nitriles is 1. The highest BCUT2D eigenvalue weighted by Gasteiger charge is 2.08. The quantitative estimate of drug-likeness (QED) is 0.604. The van der Waals surface area contributed by atoms with Gasteiger partial charge in [-0.3, -0.25) is 0 Å². The Morgan fingerprint density at radius 1 is 1.10 bits per heavy atom. The van der Waals surface area contributed by atoms with E-state index in [4.69, 9.17) is 9.47 Å². The average molecular weight is 344 g/mol. The van der Waals surface area contributed by atoms with Gasteiger partial charge in [-0.15, -0.1) is 0 Å². The highest BCUT2D eigenvalue weighted by Crippen LogP contribution is 2.31. The van der Waals surface area contributed by atoms with Crippen LogP contribution >= 0.6 is 15.9 Å². The molecular formula is C17H14BrNO2. The van der Waals surface area contributed by atoms with Crippen LogP contribution in [0.1, 0.15) is 11.1 Å². The van der Waals surface area contributed by atoms with Gasteiger partial charge in [0.25, 0.3) is 0 Å². The maximum absolute atomic E-state index is 9.40. The first kappa shape index (κ1) is 15.1. The molecule has 106 valence electrons. The molecule has 0 heterocycles. The second kappa shape index (κ2) is 6.96. The van der Waals surface area contributed by atoms with Crippen molar-refractivity contribution in [2.24, 2.45) is 0 Å². The number of ether oxygens (including phenoxy) is 2. The van der Waals surface area contributed by atoms with Crippen LogP contribution in [0, 0.1) is 11.3 Å². The predicted octanol–water partition coefficient (Wildman–Crippen LogP) is 4.53. The van der Waals surface area contributed by atoms with Crippen LogP contribution in [0.25, 0.3) is 11.6 Å². The van der Waals surface area contributed by atoms with Gasteiger partial charge in [-0.05, 0) is 47.5 Å². The van der Waals surface area contributed by atoms with E-state index in [1.807, 2.05) is 36.4 Å². The summed E-state index contributed by atoms with van der Waals surface area (Å²) in [6.45, 7) is 0. The minimum Gasteiger partial charge on any atom is -0.493 e. The van der Waals surface area contributed by atoms with Crippen LogP contribution in [-0.2, 0) is 0 Å². The van der Waals surface area contributed by atoms with Crippen molar-refractivity contribution in [2.45, 2.75) is 0 Å². The minimum atomic E-state index is 0.564. The number of allylic oxidation sites excluding steroid dienone is 1. The maximum Gasteiger partial charge on any atom is 0.161 e. The van der Waals surface area contributed by atoms with E-state index in [1.165, 1.54) is 0 Å². The number of nitrogens with zero attached hydrogens (tertiary/aromatic N) is 1. The molecule has 0 aliphatic carbocycles. The first-order valence-corrected chi connectivity index (χ1v) is 7.07. The summed E-state index contributed by atoms with van der Waals surface area (Å²) in [5, 5.41) is 9.40. The Bertz CT molecular complexity index is 717. The molecule has 3 nitrogen and oxygen atoms in total. The number of halogens is 1. The number of hydrogen-bond acceptors (Lipinski definition) is 3. The van der Waals surface area contributed by atoms with E-state index in [9.17, 15) is 5.26 Å². The molecule has 0 atom stereocenters. The number of rotatable bonds is 4. The third-order valence-corrected chi connectivity index (χ3v) is 3.47. The Hall–Kier alpha value is -2.25. The van der Waals surface area contributed by atoms with Crippen molar-refractivity contribution in [1.82, 2.24) is 0 Å². The van der Waals surface area contributed by atoms with Crippen molar-refractivity contribution in [3.05, 3.63) is 58.1 Å². The summed E-state index contributed by atoms with van der Waals surface area (Å²) >= 11 is 3.42. The topological polar surface area (TPSA) is 42.2 Å². The van der Waals surface area contributed by atoms with Crippen LogP contribution in [0.2, 0.25) is 0 Å². The van der Waals surface area contributed by atoms with Crippen molar-refractivity contribution in [2.75, 3.05) is 14.2 Å². The summed E-state index contributed by atoms with van der Waals surface area (Å²) in [7, 11) is 3.16. The molecule has 0 saturated carbocycles. The highest BCUT2D eigenvalue weighted by molar-refractivity contribution is 9.10. The molecule has 0 saturated heterocycles. The summed E-state index contributed by atoms with van der Waals surface area (Å²) in [6, 6.07) is 15.4. The van der Waals surface area contributed by atoms with Crippen LogP contribution < -0.4 is 9.47 Å². The summed E-state index contributed by atoms with van der Waals surface area (Å²) in [5.74, 6) is 1.24. The third-order valence-electron chi connectivity index (χ3n) is 2.97. The molecule has 0 aliphatic heterocycles. The normalized spacial score (nSPS) is 10.9. The molecule has 0 spiro atoms. The van der Waals surface area contributed by atoms with Gasteiger partial charge in [0.15, 0.2) is 11.5 Å². The van der Waals surface area contributed by atoms with Crippen molar-refractivity contribution in [3.8, 4) is 17.6 Å². The summed E-state index contributed by atoms with van der Waals surface area (Å²) < 4.78 is 11.4. The lowest BCUT2D eigenvalue weighted by Gasteiger charge is -2.09. The molecule has 21 heavy (non-hydrogen) atoms. The molecule has 0 radical (unpaired) electrons. The lowest BCUT2D eigenvalue weighted by molar-refractivity contribution is 0.355. The molecule has 0 bridgehead atoms. The maximum atomic E-state index is 9.40. The summed E-state index contributed by atoms with van der Waals surface area (Å²) in [6.07, 6.45) is 1.84. The smallest absolute Gasteiger partial charge is 0.161 e. The van der Waals surface area contributed by atoms with Gasteiger partial charge in [-0.1, -0.05) is 28.1 Å². The van der Waals surface area contributed by atoms with E-state index in [1.54, 1.807) is 26.4 Å². The average Bonchev–Trinajstić information content (AvgIpc) is 2.52. The number of hydrogen-bond donors (Lipinski definition) is 0. The van der Waals surface area contributed by atoms with E-state index >= 15 is 0 Å². The first-order valence-electron chi connectivity index (χ1n) is 6.27. The van der Waals surface area contributed by atoms with Gasteiger partial charge in [0.2, 0.25) is 0 Å². The lowest BCUT2D eigenvalue weighted by Crippen LogP contribution is -1.92. The van der Waals surface area contributed by atoms with Crippen LogP contribution in [0.4, 0.5) is 0 Å². The Balaban J connectivity index is 2.45. The number of methoxy groups -OCH3 is 2. The molecule has 2 rings (SSSR count). The molecular weight excluding hydrogens is 330 g/mol. The zero-order valence-electron chi connectivity index (χ0n) is 11.8. The van der Waals surface area contributed by atoms with E-state index in [2.05, 4.69) is 22.0 Å². The first-order chi connectivity index (χ1) is 10.2. The molecule has 2 aromatic rings. The molecule has 0 fully saturated rings. The second-order valence-corrected chi connectivity index (χ2v) is 5.21. The van der Waals surface area contributed by atoms with Crippen molar-refractivity contribution >= 4 is 27.6 Å². The number of benzene rings is 2. The van der Waals surface area contributed by atoms with Gasteiger partial charge in [0, 0.05) is 4.47 Å². The molecule has 2 aromatic carbocycles.